The van der Waals surface area contributed by atoms with E-state index in [2.05, 4.69) is 0 Å². The van der Waals surface area contributed by atoms with E-state index in [9.17, 15) is 8.42 Å². The highest BCUT2D eigenvalue weighted by atomic mass is 32.2. The van der Waals surface area contributed by atoms with Gasteiger partial charge in [0.05, 0.1) is 24.2 Å². The zero-order valence-electron chi connectivity index (χ0n) is 16.1. The quantitative estimate of drug-likeness (QED) is 0.643. The van der Waals surface area contributed by atoms with Gasteiger partial charge in [-0.2, -0.15) is 4.31 Å². The second kappa shape index (κ2) is 7.31. The van der Waals surface area contributed by atoms with E-state index >= 15 is 0 Å². The van der Waals surface area contributed by atoms with Crippen LogP contribution in [0.3, 0.4) is 0 Å². The minimum Gasteiger partial charge on any atom is -0.497 e. The molecule has 4 rings (SSSR count). The molecule has 0 atom stereocenters. The highest BCUT2D eigenvalue weighted by molar-refractivity contribution is 7.89. The molecule has 1 aliphatic heterocycles. The molecule has 1 aromatic heterocycles. The molecule has 0 saturated carbocycles. The van der Waals surface area contributed by atoms with Crippen LogP contribution in [0.25, 0.3) is 10.6 Å². The van der Waals surface area contributed by atoms with Crippen LogP contribution >= 0.6 is 11.3 Å². The summed E-state index contributed by atoms with van der Waals surface area (Å²) in [4.78, 5) is 6.14. The summed E-state index contributed by atoms with van der Waals surface area (Å²) in [6.07, 6.45) is 0.631. The van der Waals surface area contributed by atoms with Gasteiger partial charge in [-0.1, -0.05) is 6.07 Å². The summed E-state index contributed by atoms with van der Waals surface area (Å²) in [6.45, 7) is 4.67. The number of ether oxygens (including phenoxy) is 1. The number of aromatic nitrogens is 1. The number of nitrogens with zero attached hydrogens (tertiary/aromatic N) is 2. The van der Waals surface area contributed by atoms with Gasteiger partial charge >= 0.3 is 0 Å². The summed E-state index contributed by atoms with van der Waals surface area (Å²) >= 11 is 1.57. The lowest BCUT2D eigenvalue weighted by molar-refractivity contribution is 0.393. The van der Waals surface area contributed by atoms with Crippen LogP contribution in [0.15, 0.2) is 47.4 Å². The van der Waals surface area contributed by atoms with E-state index in [1.165, 1.54) is 0 Å². The number of fused-ring (bicyclic) bond motifs is 1. The average Bonchev–Trinajstić information content (AvgIpc) is 3.10. The lowest BCUT2D eigenvalue weighted by atomic mass is 10.2. The number of hydrogen-bond acceptors (Lipinski definition) is 5. The summed E-state index contributed by atoms with van der Waals surface area (Å²) in [7, 11) is -1.88. The van der Waals surface area contributed by atoms with Crippen LogP contribution < -0.4 is 4.74 Å². The van der Waals surface area contributed by atoms with E-state index in [1.807, 2.05) is 44.2 Å². The topological polar surface area (TPSA) is 59.5 Å². The lowest BCUT2D eigenvalue weighted by Crippen LogP contribution is -2.35. The van der Waals surface area contributed by atoms with Crippen LogP contribution in [0, 0.1) is 13.8 Å². The number of thiazole rings is 1. The second-order valence-corrected chi connectivity index (χ2v) is 10.1. The van der Waals surface area contributed by atoms with Crippen molar-refractivity contribution >= 4 is 21.4 Å². The third kappa shape index (κ3) is 3.57. The molecular weight excluding hydrogens is 392 g/mol. The molecule has 5 nitrogen and oxygen atoms in total. The second-order valence-electron chi connectivity index (χ2n) is 7.03. The lowest BCUT2D eigenvalue weighted by Gasteiger charge is -2.25. The first-order valence-electron chi connectivity index (χ1n) is 9.08. The van der Waals surface area contributed by atoms with Gasteiger partial charge in [-0.25, -0.2) is 13.4 Å². The maximum Gasteiger partial charge on any atom is 0.243 e. The monoisotopic (exact) mass is 414 g/mol. The van der Waals surface area contributed by atoms with Crippen molar-refractivity contribution in [3.05, 3.63) is 64.2 Å². The van der Waals surface area contributed by atoms with Crippen molar-refractivity contribution in [2.75, 3.05) is 13.7 Å². The fourth-order valence-corrected chi connectivity index (χ4v) is 6.27. The molecular formula is C21H22N2O3S2. The minimum absolute atomic E-state index is 0.369. The highest BCUT2D eigenvalue weighted by Gasteiger charge is 2.30. The Hall–Kier alpha value is -2.22. The molecule has 7 heteroatoms. The van der Waals surface area contributed by atoms with Crippen LogP contribution in [0.1, 0.15) is 21.7 Å². The molecule has 2 aromatic carbocycles. The van der Waals surface area contributed by atoms with Crippen LogP contribution in [-0.4, -0.2) is 31.4 Å². The molecule has 0 spiro atoms. The Kier molecular flexibility index (Phi) is 4.99. The standard InChI is InChI=1S/C21H22N2O3S2/c1-14-10-15(2)12-18(11-14)28(24,25)23-9-8-19-20(13-23)27-21(22-19)16-4-6-17(26-3)7-5-16/h4-7,10-12H,8-9,13H2,1-3H3. The number of aryl methyl sites for hydroxylation is 2. The van der Waals surface area contributed by atoms with Gasteiger partial charge in [0.2, 0.25) is 10.0 Å². The van der Waals surface area contributed by atoms with E-state index in [4.69, 9.17) is 9.72 Å². The van der Waals surface area contributed by atoms with Gasteiger partial charge < -0.3 is 4.74 Å². The molecule has 0 amide bonds. The van der Waals surface area contributed by atoms with Crippen molar-refractivity contribution in [2.24, 2.45) is 0 Å². The van der Waals surface area contributed by atoms with Crippen LogP contribution in [0.4, 0.5) is 0 Å². The van der Waals surface area contributed by atoms with Gasteiger partial charge in [-0.3, -0.25) is 0 Å². The Morgan fingerprint density at radius 2 is 1.75 bits per heavy atom. The van der Waals surface area contributed by atoms with E-state index in [-0.39, 0.29) is 0 Å². The van der Waals surface area contributed by atoms with Gasteiger partial charge in [-0.05, 0) is 61.4 Å². The van der Waals surface area contributed by atoms with Crippen LogP contribution in [0.5, 0.6) is 5.75 Å². The van der Waals surface area contributed by atoms with Gasteiger partial charge in [-0.15, -0.1) is 11.3 Å². The van der Waals surface area contributed by atoms with Crippen LogP contribution in [0.2, 0.25) is 0 Å². The predicted molar refractivity (Wildman–Crippen MR) is 111 cm³/mol. The van der Waals surface area contributed by atoms with Crippen molar-refractivity contribution < 1.29 is 13.2 Å². The Morgan fingerprint density at radius 1 is 1.07 bits per heavy atom. The van der Waals surface area contributed by atoms with E-state index in [1.54, 1.807) is 34.9 Å². The normalized spacial score (nSPS) is 14.7. The van der Waals surface area contributed by atoms with Crippen molar-refractivity contribution in [1.82, 2.24) is 9.29 Å². The first-order valence-corrected chi connectivity index (χ1v) is 11.3. The predicted octanol–water partition coefficient (Wildman–Crippen LogP) is 4.18. The molecule has 0 bridgehead atoms. The first-order chi connectivity index (χ1) is 13.4. The molecule has 0 radical (unpaired) electrons. The molecule has 0 saturated heterocycles. The average molecular weight is 415 g/mol. The van der Waals surface area contributed by atoms with Crippen molar-refractivity contribution in [1.29, 1.82) is 0 Å². The van der Waals surface area contributed by atoms with Crippen molar-refractivity contribution in [2.45, 2.75) is 31.7 Å². The summed E-state index contributed by atoms with van der Waals surface area (Å²) in [5, 5.41) is 0.915. The fourth-order valence-electron chi connectivity index (χ4n) is 3.47. The first kappa shape index (κ1) is 19.1. The molecule has 0 unspecified atom stereocenters. The van der Waals surface area contributed by atoms with Gasteiger partial charge in [0.25, 0.3) is 0 Å². The number of hydrogen-bond donors (Lipinski definition) is 0. The van der Waals surface area contributed by atoms with Gasteiger partial charge in [0.15, 0.2) is 0 Å². The third-order valence-electron chi connectivity index (χ3n) is 4.87. The molecule has 0 fully saturated rings. The Bertz CT molecular complexity index is 1100. The summed E-state index contributed by atoms with van der Waals surface area (Å²) < 4.78 is 33.1. The molecule has 2 heterocycles. The Morgan fingerprint density at radius 3 is 2.39 bits per heavy atom. The van der Waals surface area contributed by atoms with Gasteiger partial charge in [0.1, 0.15) is 10.8 Å². The maximum absolute atomic E-state index is 13.1. The molecule has 1 aliphatic rings. The summed E-state index contributed by atoms with van der Waals surface area (Å²) in [5.41, 5.74) is 3.93. The van der Waals surface area contributed by atoms with E-state index in [0.717, 1.165) is 38.0 Å². The summed E-state index contributed by atoms with van der Waals surface area (Å²) in [6, 6.07) is 13.2. The van der Waals surface area contributed by atoms with E-state index < -0.39 is 10.0 Å². The maximum atomic E-state index is 13.1. The largest absolute Gasteiger partial charge is 0.497 e. The number of rotatable bonds is 4. The fraction of sp³-hybridized carbons (Fsp3) is 0.286. The third-order valence-corrected chi connectivity index (χ3v) is 7.82. The van der Waals surface area contributed by atoms with Crippen LogP contribution in [-0.2, 0) is 23.0 Å². The SMILES string of the molecule is COc1ccc(-c2nc3c(s2)CN(S(=O)(=O)c2cc(C)cc(C)c2)CC3)cc1. The molecule has 0 N–H and O–H groups in total. The van der Waals surface area contributed by atoms with Crippen molar-refractivity contribution in [3.63, 3.8) is 0 Å². The highest BCUT2D eigenvalue weighted by Crippen LogP contribution is 2.34. The summed E-state index contributed by atoms with van der Waals surface area (Å²) in [5.74, 6) is 0.802. The number of benzene rings is 2. The molecule has 0 aliphatic carbocycles. The minimum atomic E-state index is -3.52. The molecule has 3 aromatic rings. The Balaban J connectivity index is 1.61. The number of methoxy groups -OCH3 is 1. The molecule has 28 heavy (non-hydrogen) atoms. The van der Waals surface area contributed by atoms with Crippen molar-refractivity contribution in [3.8, 4) is 16.3 Å². The van der Waals surface area contributed by atoms with E-state index in [0.29, 0.717) is 24.4 Å². The zero-order chi connectivity index (χ0) is 19.9. The number of sulfonamides is 1. The smallest absolute Gasteiger partial charge is 0.243 e. The molecule has 146 valence electrons. The van der Waals surface area contributed by atoms with Gasteiger partial charge in [0, 0.05) is 23.4 Å². The Labute approximate surface area is 169 Å². The zero-order valence-corrected chi connectivity index (χ0v) is 17.7.